The van der Waals surface area contributed by atoms with Crippen molar-refractivity contribution in [2.45, 2.75) is 13.2 Å². The zero-order valence-corrected chi connectivity index (χ0v) is 10.6. The number of benzene rings is 1. The van der Waals surface area contributed by atoms with Gasteiger partial charge in [-0.1, -0.05) is 0 Å². The Balaban J connectivity index is 1.94. The maximum Gasteiger partial charge on any atom is 0.145 e. The van der Waals surface area contributed by atoms with Gasteiger partial charge in [0.1, 0.15) is 30.1 Å². The highest BCUT2D eigenvalue weighted by Gasteiger charge is 2.14. The number of hydrogen-bond acceptors (Lipinski definition) is 5. The molecule has 0 fully saturated rings. The molecule has 6 nitrogen and oxygen atoms in total. The monoisotopic (exact) mass is 265 g/mol. The molecule has 2 heterocycles. The van der Waals surface area contributed by atoms with Crippen LogP contribution >= 0.6 is 0 Å². The lowest BCUT2D eigenvalue weighted by Gasteiger charge is -2.14. The van der Waals surface area contributed by atoms with Gasteiger partial charge in [0.2, 0.25) is 0 Å². The van der Waals surface area contributed by atoms with Crippen LogP contribution < -0.4 is 5.32 Å². The Labute approximate surface area is 115 Å². The van der Waals surface area contributed by atoms with Crippen molar-refractivity contribution in [2.24, 2.45) is 0 Å². The molecule has 1 aromatic heterocycles. The van der Waals surface area contributed by atoms with E-state index in [1.165, 1.54) is 6.20 Å². The van der Waals surface area contributed by atoms with Gasteiger partial charge in [-0.05, 0) is 18.2 Å². The second-order valence-corrected chi connectivity index (χ2v) is 4.36. The zero-order valence-electron chi connectivity index (χ0n) is 10.6. The van der Waals surface area contributed by atoms with Crippen LogP contribution in [0.2, 0.25) is 0 Å². The van der Waals surface area contributed by atoms with Crippen molar-refractivity contribution in [3.05, 3.63) is 35.8 Å². The fraction of sp³-hybridized carbons (Fsp3) is 0.214. The van der Waals surface area contributed by atoms with Gasteiger partial charge >= 0.3 is 0 Å². The topological polar surface area (TPSA) is 86.7 Å². The van der Waals surface area contributed by atoms with Crippen LogP contribution in [0.15, 0.2) is 30.0 Å². The Bertz CT molecular complexity index is 759. The fourth-order valence-electron chi connectivity index (χ4n) is 2.19. The molecule has 0 unspecified atom stereocenters. The number of rotatable bonds is 2. The van der Waals surface area contributed by atoms with Crippen LogP contribution in [0, 0.1) is 22.7 Å². The molecule has 0 atom stereocenters. The average molecular weight is 265 g/mol. The molecule has 3 rings (SSSR count). The number of aromatic nitrogens is 2. The van der Waals surface area contributed by atoms with Gasteiger partial charge in [-0.3, -0.25) is 0 Å². The van der Waals surface area contributed by atoms with E-state index >= 15 is 0 Å². The van der Waals surface area contributed by atoms with E-state index in [1.54, 1.807) is 12.1 Å². The standard InChI is InChI=1S/C14H11N5O/c15-6-10(7-16)8-17-11-1-2-13-12(5-11)18-14-9-20-4-3-19(13)14/h1-2,5,8,17H,3-4,9H2. The summed E-state index contributed by atoms with van der Waals surface area (Å²) in [6.07, 6.45) is 1.39. The number of allylic oxidation sites excluding steroid dienone is 1. The number of hydrogen-bond donors (Lipinski definition) is 1. The Morgan fingerprint density at radius 1 is 1.40 bits per heavy atom. The summed E-state index contributed by atoms with van der Waals surface area (Å²) in [5, 5.41) is 20.3. The van der Waals surface area contributed by atoms with Crippen LogP contribution in [0.1, 0.15) is 5.82 Å². The summed E-state index contributed by atoms with van der Waals surface area (Å²) in [6.45, 7) is 2.05. The van der Waals surface area contributed by atoms with Gasteiger partial charge in [-0.25, -0.2) is 4.98 Å². The number of imidazole rings is 1. The number of nitrogens with zero attached hydrogens (tertiary/aromatic N) is 4. The van der Waals surface area contributed by atoms with E-state index in [0.29, 0.717) is 13.2 Å². The Hall–Kier alpha value is -2.83. The van der Waals surface area contributed by atoms with Crippen LogP contribution in [-0.2, 0) is 17.9 Å². The first kappa shape index (κ1) is 12.2. The maximum absolute atomic E-state index is 8.68. The molecule has 2 aromatic rings. The summed E-state index contributed by atoms with van der Waals surface area (Å²) >= 11 is 0. The van der Waals surface area contributed by atoms with E-state index in [-0.39, 0.29) is 5.57 Å². The maximum atomic E-state index is 8.68. The summed E-state index contributed by atoms with van der Waals surface area (Å²) in [7, 11) is 0. The molecule has 1 aromatic carbocycles. The Kier molecular flexibility index (Phi) is 3.08. The molecule has 0 aliphatic carbocycles. The van der Waals surface area contributed by atoms with Crippen molar-refractivity contribution in [3.63, 3.8) is 0 Å². The quantitative estimate of drug-likeness (QED) is 0.838. The van der Waals surface area contributed by atoms with E-state index < -0.39 is 0 Å². The number of ether oxygens (including phenoxy) is 1. The lowest BCUT2D eigenvalue weighted by molar-refractivity contribution is 0.0830. The summed E-state index contributed by atoms with van der Waals surface area (Å²) in [5.41, 5.74) is 2.76. The molecule has 0 spiro atoms. The van der Waals surface area contributed by atoms with Crippen LogP contribution in [0.3, 0.4) is 0 Å². The third-order valence-corrected chi connectivity index (χ3v) is 3.14. The van der Waals surface area contributed by atoms with Crippen molar-refractivity contribution in [3.8, 4) is 12.1 Å². The van der Waals surface area contributed by atoms with Crippen LogP contribution in [0.25, 0.3) is 11.0 Å². The third-order valence-electron chi connectivity index (χ3n) is 3.14. The lowest BCUT2D eigenvalue weighted by atomic mass is 10.2. The number of fused-ring (bicyclic) bond motifs is 3. The third kappa shape index (κ3) is 2.09. The van der Waals surface area contributed by atoms with E-state index in [0.717, 1.165) is 29.1 Å². The van der Waals surface area contributed by atoms with Crippen molar-refractivity contribution in [1.82, 2.24) is 9.55 Å². The first-order chi connectivity index (χ1) is 9.81. The van der Waals surface area contributed by atoms with E-state index in [9.17, 15) is 0 Å². The van der Waals surface area contributed by atoms with Crippen LogP contribution in [0.4, 0.5) is 5.69 Å². The molecule has 1 aliphatic rings. The summed E-state index contributed by atoms with van der Waals surface area (Å²) in [5.74, 6) is 0.925. The molecule has 0 radical (unpaired) electrons. The average Bonchev–Trinajstić information content (AvgIpc) is 2.86. The minimum absolute atomic E-state index is 0.0302. The molecule has 0 saturated carbocycles. The van der Waals surface area contributed by atoms with E-state index in [2.05, 4.69) is 14.9 Å². The summed E-state index contributed by atoms with van der Waals surface area (Å²) in [4.78, 5) is 4.53. The molecule has 0 saturated heterocycles. The lowest BCUT2D eigenvalue weighted by Crippen LogP contribution is -2.16. The second kappa shape index (κ2) is 5.04. The minimum atomic E-state index is 0.0302. The van der Waals surface area contributed by atoms with Gasteiger partial charge in [0.05, 0.1) is 17.6 Å². The highest BCUT2D eigenvalue weighted by molar-refractivity contribution is 5.80. The number of anilines is 1. The molecular formula is C14H11N5O. The van der Waals surface area contributed by atoms with Gasteiger partial charge in [0, 0.05) is 18.4 Å². The first-order valence-corrected chi connectivity index (χ1v) is 6.15. The molecule has 0 amide bonds. The predicted molar refractivity (Wildman–Crippen MR) is 72.3 cm³/mol. The molecular weight excluding hydrogens is 254 g/mol. The van der Waals surface area contributed by atoms with Crippen LogP contribution in [-0.4, -0.2) is 16.2 Å². The minimum Gasteiger partial charge on any atom is -0.372 e. The number of nitriles is 2. The van der Waals surface area contributed by atoms with Crippen molar-refractivity contribution < 1.29 is 4.74 Å². The van der Waals surface area contributed by atoms with Crippen molar-refractivity contribution in [2.75, 3.05) is 11.9 Å². The molecule has 6 heteroatoms. The van der Waals surface area contributed by atoms with Gasteiger partial charge in [-0.2, -0.15) is 10.5 Å². The van der Waals surface area contributed by atoms with Gasteiger partial charge in [0.25, 0.3) is 0 Å². The molecule has 20 heavy (non-hydrogen) atoms. The SMILES string of the molecule is N#CC(C#N)=CNc1ccc2c(c1)nc1n2CCOC1. The summed E-state index contributed by atoms with van der Waals surface area (Å²) < 4.78 is 7.53. The van der Waals surface area contributed by atoms with E-state index in [1.807, 2.05) is 18.2 Å². The zero-order chi connectivity index (χ0) is 13.9. The fourth-order valence-corrected chi connectivity index (χ4v) is 2.19. The molecule has 1 N–H and O–H groups in total. The Morgan fingerprint density at radius 2 is 2.25 bits per heavy atom. The van der Waals surface area contributed by atoms with Gasteiger partial charge < -0.3 is 14.6 Å². The highest BCUT2D eigenvalue weighted by Crippen LogP contribution is 2.22. The second-order valence-electron chi connectivity index (χ2n) is 4.36. The van der Waals surface area contributed by atoms with Crippen molar-refractivity contribution in [1.29, 1.82) is 10.5 Å². The Morgan fingerprint density at radius 3 is 3.05 bits per heavy atom. The molecule has 0 bridgehead atoms. The highest BCUT2D eigenvalue weighted by atomic mass is 16.5. The molecule has 98 valence electrons. The molecule has 1 aliphatic heterocycles. The van der Waals surface area contributed by atoms with Crippen LogP contribution in [0.5, 0.6) is 0 Å². The summed E-state index contributed by atoms with van der Waals surface area (Å²) in [6, 6.07) is 9.37. The van der Waals surface area contributed by atoms with Gasteiger partial charge in [0.15, 0.2) is 0 Å². The predicted octanol–water partition coefficient (Wildman–Crippen LogP) is 1.91. The van der Waals surface area contributed by atoms with Gasteiger partial charge in [-0.15, -0.1) is 0 Å². The number of nitrogens with one attached hydrogen (secondary N) is 1. The normalized spacial score (nSPS) is 13.1. The smallest absolute Gasteiger partial charge is 0.145 e. The van der Waals surface area contributed by atoms with E-state index in [4.69, 9.17) is 15.3 Å². The first-order valence-electron chi connectivity index (χ1n) is 6.15. The van der Waals surface area contributed by atoms with Crippen molar-refractivity contribution >= 4 is 16.7 Å². The largest absolute Gasteiger partial charge is 0.372 e.